The fraction of sp³-hybridized carbons (Fsp3) is 0.357. The lowest BCUT2D eigenvalue weighted by Gasteiger charge is -2.30. The molecule has 22 heavy (non-hydrogen) atoms. The van der Waals surface area contributed by atoms with E-state index in [-0.39, 0.29) is 12.5 Å². The van der Waals surface area contributed by atoms with Gasteiger partial charge in [-0.3, -0.25) is 14.7 Å². The van der Waals surface area contributed by atoms with E-state index in [0.29, 0.717) is 35.0 Å². The molecule has 1 fully saturated rings. The predicted octanol–water partition coefficient (Wildman–Crippen LogP) is 2.73. The van der Waals surface area contributed by atoms with Gasteiger partial charge in [0.1, 0.15) is 0 Å². The minimum Gasteiger partial charge on any atom is -0.481 e. The Morgan fingerprint density at radius 1 is 1.45 bits per heavy atom. The molecule has 0 aliphatic carbocycles. The molecule has 1 aliphatic rings. The Hall–Kier alpha value is -1.86. The number of nitrogens with zero attached hydrogens (tertiary/aromatic N) is 2. The summed E-state index contributed by atoms with van der Waals surface area (Å²) in [7, 11) is 0. The van der Waals surface area contributed by atoms with Crippen LogP contribution in [0.15, 0.2) is 18.3 Å². The highest BCUT2D eigenvalue weighted by atomic mass is 35.5. The van der Waals surface area contributed by atoms with Crippen LogP contribution in [0.3, 0.4) is 0 Å². The van der Waals surface area contributed by atoms with Gasteiger partial charge in [-0.1, -0.05) is 11.6 Å². The normalized spacial score (nSPS) is 18.4. The summed E-state index contributed by atoms with van der Waals surface area (Å²) in [6, 6.07) is 3.59. The van der Waals surface area contributed by atoms with Gasteiger partial charge < -0.3 is 10.0 Å². The van der Waals surface area contributed by atoms with Gasteiger partial charge in [-0.25, -0.2) is 0 Å². The maximum atomic E-state index is 12.7. The number of piperidine rings is 1. The van der Waals surface area contributed by atoms with Crippen LogP contribution in [0.1, 0.15) is 23.2 Å². The molecular formula is C14H14ClN3O3S. The molecule has 6 nitrogen and oxygen atoms in total. The van der Waals surface area contributed by atoms with Gasteiger partial charge in [0.25, 0.3) is 5.91 Å². The Bertz CT molecular complexity index is 712. The molecule has 1 saturated heterocycles. The van der Waals surface area contributed by atoms with Gasteiger partial charge in [-0.2, -0.15) is 5.10 Å². The number of thiophene rings is 1. The smallest absolute Gasteiger partial charge is 0.308 e. The molecule has 8 heteroatoms. The van der Waals surface area contributed by atoms with E-state index < -0.39 is 11.9 Å². The number of H-pyrrole nitrogens is 1. The number of likely N-dealkylation sites (tertiary alicyclic amines) is 1. The maximum absolute atomic E-state index is 12.7. The summed E-state index contributed by atoms with van der Waals surface area (Å²) >= 11 is 7.29. The zero-order valence-electron chi connectivity index (χ0n) is 11.6. The SMILES string of the molecule is O=C(O)C1CCCN(C(=O)c2cn[nH]c2-c2ccc(Cl)s2)C1. The molecule has 1 unspecified atom stereocenters. The summed E-state index contributed by atoms with van der Waals surface area (Å²) in [5, 5.41) is 15.9. The van der Waals surface area contributed by atoms with E-state index in [2.05, 4.69) is 10.2 Å². The van der Waals surface area contributed by atoms with E-state index in [9.17, 15) is 9.59 Å². The Morgan fingerprint density at radius 3 is 2.95 bits per heavy atom. The second kappa shape index (κ2) is 6.10. The van der Waals surface area contributed by atoms with Gasteiger partial charge in [0.15, 0.2) is 0 Å². The van der Waals surface area contributed by atoms with Crippen LogP contribution in [0.5, 0.6) is 0 Å². The molecule has 3 heterocycles. The molecule has 0 radical (unpaired) electrons. The van der Waals surface area contributed by atoms with Crippen LogP contribution in [0.25, 0.3) is 10.6 Å². The minimum absolute atomic E-state index is 0.195. The average Bonchev–Trinajstić information content (AvgIpc) is 3.15. The van der Waals surface area contributed by atoms with Gasteiger partial charge in [0, 0.05) is 13.1 Å². The summed E-state index contributed by atoms with van der Waals surface area (Å²) in [6.07, 6.45) is 2.79. The predicted molar refractivity (Wildman–Crippen MR) is 83.2 cm³/mol. The Labute approximate surface area is 135 Å². The number of carbonyl (C=O) groups excluding carboxylic acids is 1. The highest BCUT2D eigenvalue weighted by Crippen LogP contribution is 2.32. The first-order chi connectivity index (χ1) is 10.6. The van der Waals surface area contributed by atoms with Crippen LogP contribution in [0, 0.1) is 5.92 Å². The molecule has 3 rings (SSSR count). The van der Waals surface area contributed by atoms with Crippen molar-refractivity contribution in [1.29, 1.82) is 0 Å². The molecular weight excluding hydrogens is 326 g/mol. The van der Waals surface area contributed by atoms with E-state index in [1.807, 2.05) is 6.07 Å². The van der Waals surface area contributed by atoms with Crippen molar-refractivity contribution in [1.82, 2.24) is 15.1 Å². The number of aliphatic carboxylic acids is 1. The number of aromatic nitrogens is 2. The van der Waals surface area contributed by atoms with E-state index in [4.69, 9.17) is 16.7 Å². The second-order valence-corrected chi connectivity index (χ2v) is 6.91. The van der Waals surface area contributed by atoms with Crippen LogP contribution in [0.4, 0.5) is 0 Å². The number of carbonyl (C=O) groups is 2. The van der Waals surface area contributed by atoms with Gasteiger partial charge in [-0.15, -0.1) is 11.3 Å². The Kier molecular flexibility index (Phi) is 4.17. The molecule has 0 spiro atoms. The number of hydrogen-bond acceptors (Lipinski definition) is 4. The van der Waals surface area contributed by atoms with Crippen LogP contribution in [-0.4, -0.2) is 45.2 Å². The van der Waals surface area contributed by atoms with Crippen LogP contribution in [0.2, 0.25) is 4.34 Å². The fourth-order valence-corrected chi connectivity index (χ4v) is 3.67. The minimum atomic E-state index is -0.852. The molecule has 1 aliphatic heterocycles. The van der Waals surface area contributed by atoms with Crippen molar-refractivity contribution in [3.05, 3.63) is 28.2 Å². The lowest BCUT2D eigenvalue weighted by Crippen LogP contribution is -2.42. The summed E-state index contributed by atoms with van der Waals surface area (Å²) in [5.41, 5.74) is 1.07. The third kappa shape index (κ3) is 2.86. The van der Waals surface area contributed by atoms with E-state index in [0.717, 1.165) is 4.88 Å². The van der Waals surface area contributed by atoms with E-state index in [1.54, 1.807) is 11.0 Å². The zero-order chi connectivity index (χ0) is 15.7. The first-order valence-corrected chi connectivity index (χ1v) is 8.07. The van der Waals surface area contributed by atoms with Gasteiger partial charge in [0.2, 0.25) is 0 Å². The second-order valence-electron chi connectivity index (χ2n) is 5.19. The number of carboxylic acid groups (broad SMARTS) is 1. The lowest BCUT2D eigenvalue weighted by molar-refractivity contribution is -0.143. The van der Waals surface area contributed by atoms with Crippen molar-refractivity contribution < 1.29 is 14.7 Å². The van der Waals surface area contributed by atoms with E-state index in [1.165, 1.54) is 17.5 Å². The standard InChI is InChI=1S/C14H14ClN3O3S/c15-11-4-3-10(22-11)12-9(6-16-17-12)13(19)18-5-1-2-8(7-18)14(20)21/h3-4,6,8H,1-2,5,7H2,(H,16,17)(H,20,21). The van der Waals surface area contributed by atoms with Gasteiger partial charge in [-0.05, 0) is 25.0 Å². The largest absolute Gasteiger partial charge is 0.481 e. The summed E-state index contributed by atoms with van der Waals surface area (Å²) in [4.78, 5) is 26.2. The molecule has 2 N–H and O–H groups in total. The Balaban J connectivity index is 1.84. The van der Waals surface area contributed by atoms with Crippen LogP contribution < -0.4 is 0 Å². The zero-order valence-corrected chi connectivity index (χ0v) is 13.2. The maximum Gasteiger partial charge on any atom is 0.308 e. The number of rotatable bonds is 3. The average molecular weight is 340 g/mol. The monoisotopic (exact) mass is 339 g/mol. The summed E-state index contributed by atoms with van der Waals surface area (Å²) < 4.78 is 0.631. The molecule has 1 atom stereocenters. The molecule has 116 valence electrons. The highest BCUT2D eigenvalue weighted by molar-refractivity contribution is 7.19. The number of carboxylic acids is 1. The molecule has 2 aromatic rings. The number of nitrogens with one attached hydrogen (secondary N) is 1. The third-order valence-electron chi connectivity index (χ3n) is 3.75. The van der Waals surface area contributed by atoms with E-state index >= 15 is 0 Å². The fourth-order valence-electron chi connectivity index (χ4n) is 2.62. The topological polar surface area (TPSA) is 86.3 Å². The number of halogens is 1. The molecule has 2 aromatic heterocycles. The highest BCUT2D eigenvalue weighted by Gasteiger charge is 2.30. The van der Waals surface area contributed by atoms with Gasteiger partial charge >= 0.3 is 5.97 Å². The first-order valence-electron chi connectivity index (χ1n) is 6.87. The number of aromatic amines is 1. The van der Waals surface area contributed by atoms with Crippen molar-refractivity contribution in [2.45, 2.75) is 12.8 Å². The molecule has 1 amide bonds. The lowest BCUT2D eigenvalue weighted by atomic mass is 9.97. The Morgan fingerprint density at radius 2 is 2.27 bits per heavy atom. The molecule has 0 aromatic carbocycles. The quantitative estimate of drug-likeness (QED) is 0.900. The molecule has 0 saturated carbocycles. The van der Waals surface area contributed by atoms with Crippen molar-refractivity contribution >= 4 is 34.8 Å². The number of hydrogen-bond donors (Lipinski definition) is 2. The van der Waals surface area contributed by atoms with Crippen molar-refractivity contribution in [2.75, 3.05) is 13.1 Å². The first kappa shape index (κ1) is 15.1. The van der Waals surface area contributed by atoms with Crippen molar-refractivity contribution in [3.63, 3.8) is 0 Å². The third-order valence-corrected chi connectivity index (χ3v) is 5.00. The van der Waals surface area contributed by atoms with Crippen LogP contribution in [-0.2, 0) is 4.79 Å². The van der Waals surface area contributed by atoms with Gasteiger partial charge in [0.05, 0.1) is 32.6 Å². The number of amides is 1. The van der Waals surface area contributed by atoms with Crippen molar-refractivity contribution in [3.8, 4) is 10.6 Å². The summed E-state index contributed by atoms with van der Waals surface area (Å²) in [6.45, 7) is 0.808. The molecule has 0 bridgehead atoms. The van der Waals surface area contributed by atoms with Crippen LogP contribution >= 0.6 is 22.9 Å². The van der Waals surface area contributed by atoms with Crippen molar-refractivity contribution in [2.24, 2.45) is 5.92 Å². The summed E-state index contributed by atoms with van der Waals surface area (Å²) in [5.74, 6) is -1.54.